The number of aliphatic hydroxyl groups excluding tert-OH is 1. The van der Waals surface area contributed by atoms with Crippen molar-refractivity contribution in [3.8, 4) is 5.75 Å². The first kappa shape index (κ1) is 16.5. The highest BCUT2D eigenvalue weighted by Crippen LogP contribution is 2.26. The minimum absolute atomic E-state index is 0.0951. The molecule has 0 spiro atoms. The summed E-state index contributed by atoms with van der Waals surface area (Å²) in [6.45, 7) is 7.85. The number of hydrogen-bond donors (Lipinski definition) is 2. The molecule has 0 aliphatic heterocycles. The van der Waals surface area contributed by atoms with Crippen molar-refractivity contribution in [2.24, 2.45) is 5.41 Å². The SMILES string of the molecule is COc1ccc(CNCC(C)(C)CC(C)O)cc1Br. The molecule has 0 fully saturated rings. The number of rotatable bonds is 7. The normalized spacial score (nSPS) is 13.4. The maximum atomic E-state index is 9.45. The van der Waals surface area contributed by atoms with Crippen molar-refractivity contribution in [1.82, 2.24) is 5.32 Å². The number of halogens is 1. The molecule has 19 heavy (non-hydrogen) atoms. The van der Waals surface area contributed by atoms with Crippen LogP contribution in [0.5, 0.6) is 5.75 Å². The summed E-state index contributed by atoms with van der Waals surface area (Å²) < 4.78 is 6.18. The van der Waals surface area contributed by atoms with Gasteiger partial charge in [0.2, 0.25) is 0 Å². The van der Waals surface area contributed by atoms with Gasteiger partial charge in [0.25, 0.3) is 0 Å². The van der Waals surface area contributed by atoms with Crippen LogP contribution in [0.15, 0.2) is 22.7 Å². The van der Waals surface area contributed by atoms with E-state index in [0.717, 1.165) is 29.7 Å². The molecule has 1 atom stereocenters. The molecule has 0 amide bonds. The van der Waals surface area contributed by atoms with Gasteiger partial charge in [0.1, 0.15) is 5.75 Å². The van der Waals surface area contributed by atoms with Crippen molar-refractivity contribution >= 4 is 15.9 Å². The Morgan fingerprint density at radius 2 is 2.11 bits per heavy atom. The second-order valence-electron chi connectivity index (χ2n) is 5.79. The lowest BCUT2D eigenvalue weighted by atomic mass is 9.87. The number of benzene rings is 1. The summed E-state index contributed by atoms with van der Waals surface area (Å²) >= 11 is 3.49. The van der Waals surface area contributed by atoms with E-state index in [1.807, 2.05) is 13.0 Å². The van der Waals surface area contributed by atoms with Crippen LogP contribution < -0.4 is 10.1 Å². The Morgan fingerprint density at radius 1 is 1.42 bits per heavy atom. The summed E-state index contributed by atoms with van der Waals surface area (Å²) in [6, 6.07) is 6.08. The van der Waals surface area contributed by atoms with Gasteiger partial charge in [-0.3, -0.25) is 0 Å². The van der Waals surface area contributed by atoms with Crippen molar-refractivity contribution in [3.05, 3.63) is 28.2 Å². The summed E-state index contributed by atoms with van der Waals surface area (Å²) in [5.74, 6) is 0.846. The molecule has 0 aliphatic rings. The number of ether oxygens (including phenoxy) is 1. The van der Waals surface area contributed by atoms with Gasteiger partial charge in [0, 0.05) is 13.1 Å². The van der Waals surface area contributed by atoms with Gasteiger partial charge in [0.05, 0.1) is 17.7 Å². The second-order valence-corrected chi connectivity index (χ2v) is 6.64. The van der Waals surface area contributed by atoms with E-state index in [0.29, 0.717) is 0 Å². The van der Waals surface area contributed by atoms with Crippen molar-refractivity contribution in [2.45, 2.75) is 39.8 Å². The average molecular weight is 330 g/mol. The summed E-state index contributed by atoms with van der Waals surface area (Å²) in [5.41, 5.74) is 1.30. The van der Waals surface area contributed by atoms with Crippen molar-refractivity contribution in [3.63, 3.8) is 0 Å². The largest absolute Gasteiger partial charge is 0.496 e. The summed E-state index contributed by atoms with van der Waals surface area (Å²) in [7, 11) is 1.66. The van der Waals surface area contributed by atoms with Gasteiger partial charge in [0.15, 0.2) is 0 Å². The number of hydrogen-bond acceptors (Lipinski definition) is 3. The maximum Gasteiger partial charge on any atom is 0.133 e. The minimum Gasteiger partial charge on any atom is -0.496 e. The molecule has 1 aromatic rings. The molecule has 4 heteroatoms. The van der Waals surface area contributed by atoms with Gasteiger partial charge < -0.3 is 15.2 Å². The third kappa shape index (κ3) is 5.93. The van der Waals surface area contributed by atoms with Gasteiger partial charge in [-0.05, 0) is 52.4 Å². The highest BCUT2D eigenvalue weighted by Gasteiger charge is 2.19. The molecular formula is C15H24BrNO2. The predicted molar refractivity (Wildman–Crippen MR) is 82.5 cm³/mol. The highest BCUT2D eigenvalue weighted by molar-refractivity contribution is 9.10. The number of methoxy groups -OCH3 is 1. The Morgan fingerprint density at radius 3 is 2.63 bits per heavy atom. The van der Waals surface area contributed by atoms with Crippen LogP contribution in [-0.4, -0.2) is 24.9 Å². The third-order valence-electron chi connectivity index (χ3n) is 3.00. The van der Waals surface area contributed by atoms with E-state index in [9.17, 15) is 5.11 Å². The fraction of sp³-hybridized carbons (Fsp3) is 0.600. The lowest BCUT2D eigenvalue weighted by Crippen LogP contribution is -2.31. The molecule has 3 nitrogen and oxygen atoms in total. The first-order chi connectivity index (χ1) is 8.84. The standard InChI is InChI=1S/C15H24BrNO2/c1-11(18)8-15(2,3)10-17-9-12-5-6-14(19-4)13(16)7-12/h5-7,11,17-18H,8-10H2,1-4H3. The third-order valence-corrected chi connectivity index (χ3v) is 3.62. The summed E-state index contributed by atoms with van der Waals surface area (Å²) in [6.07, 6.45) is 0.540. The number of aliphatic hydroxyl groups is 1. The molecule has 0 heterocycles. The Hall–Kier alpha value is -0.580. The van der Waals surface area contributed by atoms with Crippen LogP contribution in [0.1, 0.15) is 32.8 Å². The van der Waals surface area contributed by atoms with E-state index in [2.05, 4.69) is 47.2 Å². The van der Waals surface area contributed by atoms with Crippen LogP contribution >= 0.6 is 15.9 Å². The molecule has 0 saturated heterocycles. The smallest absolute Gasteiger partial charge is 0.133 e. The van der Waals surface area contributed by atoms with E-state index in [1.54, 1.807) is 7.11 Å². The molecule has 108 valence electrons. The summed E-state index contributed by atoms with van der Waals surface area (Å²) in [5, 5.41) is 12.9. The molecule has 1 aromatic carbocycles. The molecule has 0 aliphatic carbocycles. The Labute approximate surface area is 124 Å². The molecule has 0 radical (unpaired) electrons. The topological polar surface area (TPSA) is 41.5 Å². The fourth-order valence-corrected chi connectivity index (χ4v) is 2.83. The van der Waals surface area contributed by atoms with Gasteiger partial charge >= 0.3 is 0 Å². The second kappa shape index (κ2) is 7.27. The zero-order chi connectivity index (χ0) is 14.5. The van der Waals surface area contributed by atoms with E-state index < -0.39 is 0 Å². The highest BCUT2D eigenvalue weighted by atomic mass is 79.9. The first-order valence-electron chi connectivity index (χ1n) is 6.55. The summed E-state index contributed by atoms with van der Waals surface area (Å²) in [4.78, 5) is 0. The van der Waals surface area contributed by atoms with E-state index in [1.165, 1.54) is 5.56 Å². The Balaban J connectivity index is 2.47. The zero-order valence-corrected chi connectivity index (χ0v) is 13.8. The Bertz CT molecular complexity index is 405. The monoisotopic (exact) mass is 329 g/mol. The van der Waals surface area contributed by atoms with Crippen LogP contribution in [0.3, 0.4) is 0 Å². The predicted octanol–water partition coefficient (Wildman–Crippen LogP) is 3.34. The zero-order valence-electron chi connectivity index (χ0n) is 12.2. The van der Waals surface area contributed by atoms with Crippen molar-refractivity contribution in [2.75, 3.05) is 13.7 Å². The lowest BCUT2D eigenvalue weighted by Gasteiger charge is -2.26. The molecule has 1 unspecified atom stereocenters. The van der Waals surface area contributed by atoms with E-state index >= 15 is 0 Å². The van der Waals surface area contributed by atoms with Crippen LogP contribution in [0.4, 0.5) is 0 Å². The van der Waals surface area contributed by atoms with Crippen LogP contribution in [0.25, 0.3) is 0 Å². The van der Waals surface area contributed by atoms with Crippen molar-refractivity contribution < 1.29 is 9.84 Å². The molecule has 1 rings (SSSR count). The van der Waals surface area contributed by atoms with E-state index in [4.69, 9.17) is 4.74 Å². The fourth-order valence-electron chi connectivity index (χ4n) is 2.24. The molecule has 0 aromatic heterocycles. The first-order valence-corrected chi connectivity index (χ1v) is 7.34. The molecule has 0 saturated carbocycles. The van der Waals surface area contributed by atoms with Crippen LogP contribution in [0.2, 0.25) is 0 Å². The molecule has 0 bridgehead atoms. The quantitative estimate of drug-likeness (QED) is 0.806. The van der Waals surface area contributed by atoms with Gasteiger partial charge in [-0.1, -0.05) is 19.9 Å². The molecular weight excluding hydrogens is 306 g/mol. The Kier molecular flexibility index (Phi) is 6.30. The lowest BCUT2D eigenvalue weighted by molar-refractivity contribution is 0.128. The van der Waals surface area contributed by atoms with Gasteiger partial charge in [-0.25, -0.2) is 0 Å². The van der Waals surface area contributed by atoms with Crippen LogP contribution in [0, 0.1) is 5.41 Å². The average Bonchev–Trinajstić information content (AvgIpc) is 2.27. The van der Waals surface area contributed by atoms with Gasteiger partial charge in [-0.2, -0.15) is 0 Å². The minimum atomic E-state index is -0.257. The van der Waals surface area contributed by atoms with Gasteiger partial charge in [-0.15, -0.1) is 0 Å². The van der Waals surface area contributed by atoms with E-state index in [-0.39, 0.29) is 11.5 Å². The maximum absolute atomic E-state index is 9.45. The van der Waals surface area contributed by atoms with Crippen molar-refractivity contribution in [1.29, 1.82) is 0 Å². The van der Waals surface area contributed by atoms with Crippen LogP contribution in [-0.2, 0) is 6.54 Å². The molecule has 2 N–H and O–H groups in total. The number of nitrogens with one attached hydrogen (secondary N) is 1.